The van der Waals surface area contributed by atoms with Crippen LogP contribution in [0.25, 0.3) is 0 Å². The maximum atomic E-state index is 4.92. The highest BCUT2D eigenvalue weighted by Crippen LogP contribution is 1.94. The average Bonchev–Trinajstić information content (AvgIpc) is 1.61. The van der Waals surface area contributed by atoms with Crippen LogP contribution in [0.1, 0.15) is 6.42 Å². The van der Waals surface area contributed by atoms with Gasteiger partial charge in [0.1, 0.15) is 0 Å². The summed E-state index contributed by atoms with van der Waals surface area (Å²) in [6.07, 6.45) is 9.31. The molecule has 0 amide bonds. The van der Waals surface area contributed by atoms with E-state index in [0.29, 0.717) is 0 Å². The van der Waals surface area contributed by atoms with Crippen LogP contribution in [-0.4, -0.2) is 5.75 Å². The second-order valence-electron chi connectivity index (χ2n) is 0.862. The largest absolute Gasteiger partial charge is 0.160 e. The number of rotatable bonds is 2. The second kappa shape index (κ2) is 4.91. The summed E-state index contributed by atoms with van der Waals surface area (Å²) >= 11 is 1.53. The molecule has 0 aliphatic rings. The highest BCUT2D eigenvalue weighted by atomic mass is 32.2. The highest BCUT2D eigenvalue weighted by molar-refractivity contribution is 8.00. The zero-order valence-corrected chi connectivity index (χ0v) is 4.42. The predicted octanol–water partition coefficient (Wildman–Crippen LogP) is 1.53. The lowest BCUT2D eigenvalue weighted by Crippen LogP contribution is -1.66. The lowest BCUT2D eigenvalue weighted by Gasteiger charge is -1.80. The van der Waals surface area contributed by atoms with E-state index in [9.17, 15) is 0 Å². The molecule has 0 rings (SSSR count). The van der Waals surface area contributed by atoms with Crippen molar-refractivity contribution in [3.63, 3.8) is 0 Å². The molecule has 0 nitrogen and oxygen atoms in total. The Morgan fingerprint density at radius 1 is 1.83 bits per heavy atom. The van der Waals surface area contributed by atoms with Crippen LogP contribution in [0.2, 0.25) is 0 Å². The summed E-state index contributed by atoms with van der Waals surface area (Å²) in [4.78, 5) is 0. The van der Waals surface area contributed by atoms with Crippen molar-refractivity contribution in [3.05, 3.63) is 6.26 Å². The van der Waals surface area contributed by atoms with Crippen LogP contribution < -0.4 is 0 Å². The lowest BCUT2D eigenvalue weighted by molar-refractivity contribution is 1.31. The van der Waals surface area contributed by atoms with E-state index in [0.717, 1.165) is 12.2 Å². The van der Waals surface area contributed by atoms with Gasteiger partial charge in [0, 0.05) is 18.4 Å². The summed E-state index contributed by atoms with van der Waals surface area (Å²) in [7, 11) is 0. The van der Waals surface area contributed by atoms with Crippen molar-refractivity contribution >= 4 is 11.8 Å². The summed E-state index contributed by atoms with van der Waals surface area (Å²) in [5.41, 5.74) is 0. The third-order valence-electron chi connectivity index (χ3n) is 0.391. The van der Waals surface area contributed by atoms with Gasteiger partial charge in [-0.05, 0) is 0 Å². The van der Waals surface area contributed by atoms with E-state index in [4.69, 9.17) is 6.42 Å². The van der Waals surface area contributed by atoms with Gasteiger partial charge in [-0.1, -0.05) is 0 Å². The molecule has 0 spiro atoms. The summed E-state index contributed by atoms with van der Waals surface area (Å²) in [5, 5.41) is 0. The smallest absolute Gasteiger partial charge is 0.0177 e. The van der Waals surface area contributed by atoms with Crippen LogP contribution in [-0.2, 0) is 0 Å². The van der Waals surface area contributed by atoms with Crippen LogP contribution in [0.3, 0.4) is 0 Å². The summed E-state index contributed by atoms with van der Waals surface area (Å²) < 4.78 is 0. The normalized spacial score (nSPS) is 7.33. The zero-order valence-electron chi connectivity index (χ0n) is 3.61. The Balaban J connectivity index is 2.54. The molecule has 0 fully saturated rings. The predicted molar refractivity (Wildman–Crippen MR) is 31.3 cm³/mol. The summed E-state index contributed by atoms with van der Waals surface area (Å²) in [5.74, 6) is 3.49. The molecule has 0 N–H and O–H groups in total. The van der Waals surface area contributed by atoms with Crippen molar-refractivity contribution in [1.29, 1.82) is 0 Å². The maximum absolute atomic E-state index is 4.92. The van der Waals surface area contributed by atoms with Crippen molar-refractivity contribution in [1.82, 2.24) is 0 Å². The molecule has 1 radical (unpaired) electrons. The Kier molecular flexibility index (Phi) is 4.84. The Hall–Kier alpha value is -0.0900. The van der Waals surface area contributed by atoms with Crippen molar-refractivity contribution in [2.75, 3.05) is 5.75 Å². The van der Waals surface area contributed by atoms with Gasteiger partial charge in [-0.15, -0.1) is 12.3 Å². The molecule has 33 valence electrons. The van der Waals surface area contributed by atoms with E-state index in [-0.39, 0.29) is 0 Å². The molecule has 0 aliphatic heterocycles. The molecule has 0 atom stereocenters. The standard InChI is InChI=1S/C5H7S/c1-3-4-5-6-2/h1H,2,4-5H2. The van der Waals surface area contributed by atoms with Crippen LogP contribution >= 0.6 is 11.8 Å². The van der Waals surface area contributed by atoms with Gasteiger partial charge < -0.3 is 0 Å². The molecular weight excluding hydrogens is 92.1 g/mol. The molecule has 6 heavy (non-hydrogen) atoms. The molecule has 0 aliphatic carbocycles. The first-order valence-corrected chi connectivity index (χ1v) is 2.87. The Labute approximate surface area is 43.3 Å². The molecule has 0 bridgehead atoms. The van der Waals surface area contributed by atoms with Crippen LogP contribution in [0.4, 0.5) is 0 Å². The fourth-order valence-corrected chi connectivity index (χ4v) is 0.393. The monoisotopic (exact) mass is 99.0 g/mol. The maximum Gasteiger partial charge on any atom is 0.0177 e. The quantitative estimate of drug-likeness (QED) is 0.374. The van der Waals surface area contributed by atoms with Crippen molar-refractivity contribution in [3.8, 4) is 12.3 Å². The van der Waals surface area contributed by atoms with Gasteiger partial charge in [0.25, 0.3) is 0 Å². The van der Waals surface area contributed by atoms with Crippen LogP contribution in [0.5, 0.6) is 0 Å². The van der Waals surface area contributed by atoms with Crippen molar-refractivity contribution in [2.45, 2.75) is 6.42 Å². The molecule has 0 saturated heterocycles. The molecule has 0 aromatic heterocycles. The Bertz CT molecular complexity index is 51.4. The highest BCUT2D eigenvalue weighted by Gasteiger charge is 1.71. The third kappa shape index (κ3) is 3.91. The average molecular weight is 99.2 g/mol. The molecular formula is C5H7S. The van der Waals surface area contributed by atoms with Crippen LogP contribution in [0.15, 0.2) is 0 Å². The van der Waals surface area contributed by atoms with E-state index in [2.05, 4.69) is 12.2 Å². The molecule has 1 heteroatoms. The van der Waals surface area contributed by atoms with Gasteiger partial charge in [0.15, 0.2) is 0 Å². The van der Waals surface area contributed by atoms with E-state index < -0.39 is 0 Å². The molecule has 0 heterocycles. The first-order chi connectivity index (χ1) is 2.91. The van der Waals surface area contributed by atoms with Crippen molar-refractivity contribution < 1.29 is 0 Å². The molecule has 0 aromatic rings. The van der Waals surface area contributed by atoms with Gasteiger partial charge in [-0.2, -0.15) is 11.8 Å². The first kappa shape index (κ1) is 5.91. The molecule has 0 aromatic carbocycles. The minimum Gasteiger partial charge on any atom is -0.160 e. The molecule has 0 saturated carbocycles. The summed E-state index contributed by atoms with van der Waals surface area (Å²) in [6, 6.07) is 0. The zero-order chi connectivity index (χ0) is 4.83. The summed E-state index contributed by atoms with van der Waals surface area (Å²) in [6.45, 7) is 0. The number of hydrogen-bond acceptors (Lipinski definition) is 1. The van der Waals surface area contributed by atoms with Gasteiger partial charge in [0.05, 0.1) is 0 Å². The van der Waals surface area contributed by atoms with Crippen LogP contribution in [0, 0.1) is 18.6 Å². The van der Waals surface area contributed by atoms with Gasteiger partial charge in [0.2, 0.25) is 0 Å². The minimum atomic E-state index is 0.841. The van der Waals surface area contributed by atoms with E-state index in [1.165, 1.54) is 11.8 Å². The number of thioether (sulfide) groups is 1. The van der Waals surface area contributed by atoms with Gasteiger partial charge >= 0.3 is 0 Å². The van der Waals surface area contributed by atoms with Gasteiger partial charge in [-0.3, -0.25) is 0 Å². The fraction of sp³-hybridized carbons (Fsp3) is 0.400. The van der Waals surface area contributed by atoms with E-state index in [1.54, 1.807) is 0 Å². The first-order valence-electron chi connectivity index (χ1n) is 1.72. The van der Waals surface area contributed by atoms with Gasteiger partial charge in [-0.25, -0.2) is 0 Å². The Morgan fingerprint density at radius 2 is 2.50 bits per heavy atom. The van der Waals surface area contributed by atoms with E-state index in [1.807, 2.05) is 0 Å². The van der Waals surface area contributed by atoms with Crippen molar-refractivity contribution in [2.24, 2.45) is 0 Å². The molecule has 0 unspecified atom stereocenters. The SMILES string of the molecule is C#CCCS[CH2]. The number of hydrogen-bond donors (Lipinski definition) is 0. The topological polar surface area (TPSA) is 0 Å². The second-order valence-corrected chi connectivity index (χ2v) is 1.68. The van der Waals surface area contributed by atoms with E-state index >= 15 is 0 Å². The fourth-order valence-electron chi connectivity index (χ4n) is 0.131. The number of terminal acetylenes is 1. The third-order valence-corrected chi connectivity index (χ3v) is 0.884. The Morgan fingerprint density at radius 3 is 2.67 bits per heavy atom. The lowest BCUT2D eigenvalue weighted by atomic mass is 10.5. The minimum absolute atomic E-state index is 0.841.